The van der Waals surface area contributed by atoms with Gasteiger partial charge in [0.2, 0.25) is 41.4 Å². The summed E-state index contributed by atoms with van der Waals surface area (Å²) in [7, 11) is 0. The monoisotopic (exact) mass is 1060 g/mol. The number of carboxylic acids is 1. The number of nitrogens with zero attached hydrogens (tertiary/aromatic N) is 3. The second-order valence-electron chi connectivity index (χ2n) is 18.3. The fourth-order valence-corrected chi connectivity index (χ4v) is 8.18. The van der Waals surface area contributed by atoms with Crippen LogP contribution in [0.15, 0.2) is 17.5 Å². The topological polar surface area (TPSA) is 493 Å². The van der Waals surface area contributed by atoms with E-state index >= 15 is 0 Å². The highest BCUT2D eigenvalue weighted by molar-refractivity contribution is 5.97. The number of aliphatic hydroxyl groups is 1. The van der Waals surface area contributed by atoms with Crippen molar-refractivity contribution in [3.63, 3.8) is 0 Å². The molecule has 0 bridgehead atoms. The van der Waals surface area contributed by atoms with Crippen molar-refractivity contribution in [3.05, 3.63) is 18.2 Å². The largest absolute Gasteiger partial charge is 0.481 e. The maximum atomic E-state index is 14.2. The molecule has 0 spiro atoms. The number of carbonyl (C=O) groups excluding carboxylic acids is 8. The second-order valence-corrected chi connectivity index (χ2v) is 18.3. The highest BCUT2D eigenvalue weighted by atomic mass is 16.4. The number of likely N-dealkylation sites (tertiary alicyclic amines) is 1. The highest BCUT2D eigenvalue weighted by Crippen LogP contribution is 2.21. The molecule has 1 aromatic rings. The molecule has 1 aliphatic rings. The molecular formula is C47H81N17O11. The number of amides is 7. The lowest BCUT2D eigenvalue weighted by Gasteiger charge is -2.30. The highest BCUT2D eigenvalue weighted by Gasteiger charge is 2.40. The van der Waals surface area contributed by atoms with E-state index in [0.717, 1.165) is 0 Å². The molecule has 1 fully saturated rings. The summed E-state index contributed by atoms with van der Waals surface area (Å²) in [6.45, 7) is 0.0222. The minimum Gasteiger partial charge on any atom is -0.481 e. The van der Waals surface area contributed by atoms with Crippen molar-refractivity contribution in [2.24, 2.45) is 51.0 Å². The van der Waals surface area contributed by atoms with E-state index in [0.29, 0.717) is 57.3 Å². The van der Waals surface area contributed by atoms with E-state index < -0.39 is 121 Å². The van der Waals surface area contributed by atoms with Crippen LogP contribution >= 0.6 is 0 Å². The maximum absolute atomic E-state index is 14.2. The number of nitrogens with two attached hydrogens (primary N) is 7. The summed E-state index contributed by atoms with van der Waals surface area (Å²) in [5.41, 5.74) is 39.7. The number of hydrogen-bond acceptors (Lipinski definition) is 17. The number of carbonyl (C=O) groups is 9. The molecule has 1 unspecified atom stereocenters. The van der Waals surface area contributed by atoms with Crippen LogP contribution in [0.1, 0.15) is 102 Å². The maximum Gasteiger partial charge on any atom is 0.306 e. The van der Waals surface area contributed by atoms with Crippen LogP contribution in [0.2, 0.25) is 0 Å². The number of rotatable bonds is 38. The molecule has 420 valence electrons. The Morgan fingerprint density at radius 1 is 0.787 bits per heavy atom. The molecule has 23 N–H and O–H groups in total. The number of carboxylic acid groups (broad SMARTS) is 1. The lowest BCUT2D eigenvalue weighted by Crippen LogP contribution is -2.61. The van der Waals surface area contributed by atoms with Crippen molar-refractivity contribution in [3.8, 4) is 12.3 Å². The van der Waals surface area contributed by atoms with Crippen LogP contribution in [-0.4, -0.2) is 178 Å². The van der Waals surface area contributed by atoms with Gasteiger partial charge >= 0.3 is 5.97 Å². The number of aromatic amines is 1. The van der Waals surface area contributed by atoms with Crippen LogP contribution in [0.5, 0.6) is 0 Å². The van der Waals surface area contributed by atoms with E-state index in [1.165, 1.54) is 17.4 Å². The van der Waals surface area contributed by atoms with Crippen LogP contribution in [0.25, 0.3) is 0 Å². The van der Waals surface area contributed by atoms with Gasteiger partial charge in [0.25, 0.3) is 0 Å². The second kappa shape index (κ2) is 35.4. The summed E-state index contributed by atoms with van der Waals surface area (Å²) in [5, 5.41) is 35.5. The van der Waals surface area contributed by atoms with Gasteiger partial charge in [0.05, 0.1) is 37.0 Å². The first-order valence-corrected chi connectivity index (χ1v) is 25.4. The number of H-pyrrole nitrogens is 1. The third-order valence-electron chi connectivity index (χ3n) is 12.4. The quantitative estimate of drug-likeness (QED) is 0.0127. The van der Waals surface area contributed by atoms with Crippen molar-refractivity contribution in [2.45, 2.75) is 151 Å². The lowest BCUT2D eigenvalue weighted by atomic mass is 9.93. The third kappa shape index (κ3) is 23.5. The van der Waals surface area contributed by atoms with Crippen LogP contribution in [0.3, 0.4) is 0 Å². The van der Waals surface area contributed by atoms with Crippen molar-refractivity contribution >= 4 is 59.1 Å². The Hall–Kier alpha value is -6.77. The van der Waals surface area contributed by atoms with Crippen molar-refractivity contribution in [1.82, 2.24) is 46.8 Å². The van der Waals surface area contributed by atoms with Gasteiger partial charge < -0.3 is 92.1 Å². The van der Waals surface area contributed by atoms with E-state index in [9.17, 15) is 53.4 Å². The van der Waals surface area contributed by atoms with Gasteiger partial charge in [-0.1, -0.05) is 6.42 Å². The van der Waals surface area contributed by atoms with Gasteiger partial charge in [0, 0.05) is 50.8 Å². The van der Waals surface area contributed by atoms with Gasteiger partial charge in [-0.25, -0.2) is 4.98 Å². The number of aromatic nitrogens is 2. The first kappa shape index (κ1) is 64.3. The molecule has 1 saturated heterocycles. The number of aliphatic carboxylic acids is 1. The third-order valence-corrected chi connectivity index (χ3v) is 12.4. The number of aliphatic hydroxyl groups excluding tert-OH is 1. The van der Waals surface area contributed by atoms with E-state index in [1.54, 1.807) is 0 Å². The molecule has 0 aliphatic carbocycles. The normalized spacial score (nSPS) is 16.3. The fourth-order valence-electron chi connectivity index (χ4n) is 8.18. The van der Waals surface area contributed by atoms with Gasteiger partial charge in [0.1, 0.15) is 30.2 Å². The molecule has 7 amide bonds. The number of terminal acetylenes is 1. The average Bonchev–Trinajstić information content (AvgIpc) is 4.10. The molecule has 2 rings (SSSR count). The number of unbranched alkanes of at least 4 members (excludes halogenated alkanes) is 2. The van der Waals surface area contributed by atoms with Gasteiger partial charge in [-0.15, -0.1) is 12.3 Å². The smallest absolute Gasteiger partial charge is 0.306 e. The van der Waals surface area contributed by atoms with Gasteiger partial charge in [-0.2, -0.15) is 0 Å². The number of aliphatic imine (C=N–C) groups is 1. The Morgan fingerprint density at radius 2 is 1.45 bits per heavy atom. The van der Waals surface area contributed by atoms with E-state index in [2.05, 4.69) is 52.8 Å². The number of nitrogens with one attached hydrogen (secondary N) is 7. The minimum atomic E-state index is -1.62. The molecule has 28 heteroatoms. The summed E-state index contributed by atoms with van der Waals surface area (Å²) < 4.78 is 0. The van der Waals surface area contributed by atoms with Gasteiger partial charge in [0.15, 0.2) is 11.7 Å². The molecule has 1 aromatic heterocycles. The van der Waals surface area contributed by atoms with Gasteiger partial charge in [-0.05, 0) is 96.7 Å². The molecule has 75 heavy (non-hydrogen) atoms. The number of guanidine groups is 1. The SMILES string of the molecule is C#CC[C@H](NC(=O)[C@@H](NC(=O)[C@@H](N)CCCCN)[C@@H](O)CN)C(=O)NCC(=O)N[C@H](CCCN)C(=O)N1CCC[C@H]1C(=O)N[C@@H](Cc1cnc[nH]1)C(=O)N[C@@H](CCCCN)C(=O)CCC(CCCN=C(N)N)C(=O)O. The average molecular weight is 1060 g/mol. The number of imidazole rings is 1. The first-order valence-electron chi connectivity index (χ1n) is 25.4. The van der Waals surface area contributed by atoms with E-state index in [-0.39, 0.29) is 89.8 Å². The molecular weight excluding hydrogens is 979 g/mol. The van der Waals surface area contributed by atoms with Crippen LogP contribution in [0, 0.1) is 18.3 Å². The molecule has 0 saturated carbocycles. The first-order chi connectivity index (χ1) is 35.8. The van der Waals surface area contributed by atoms with Gasteiger partial charge in [-0.3, -0.25) is 48.1 Å². The Morgan fingerprint density at radius 3 is 2.07 bits per heavy atom. The molecule has 0 radical (unpaired) electrons. The zero-order valence-corrected chi connectivity index (χ0v) is 42.6. The Labute approximate surface area is 436 Å². The predicted octanol–water partition coefficient (Wildman–Crippen LogP) is -5.75. The number of hydrogen-bond donors (Lipinski definition) is 16. The summed E-state index contributed by atoms with van der Waals surface area (Å²) in [4.78, 5) is 133. The summed E-state index contributed by atoms with van der Waals surface area (Å²) >= 11 is 0. The van der Waals surface area contributed by atoms with Crippen LogP contribution in [0.4, 0.5) is 0 Å². The van der Waals surface area contributed by atoms with Crippen LogP contribution < -0.4 is 72.0 Å². The Balaban J connectivity index is 2.22. The molecule has 2 heterocycles. The number of ketones is 1. The van der Waals surface area contributed by atoms with Crippen molar-refractivity contribution in [1.29, 1.82) is 0 Å². The summed E-state index contributed by atoms with van der Waals surface area (Å²) in [6, 6.07) is -8.76. The predicted molar refractivity (Wildman–Crippen MR) is 276 cm³/mol. The van der Waals surface area contributed by atoms with Crippen molar-refractivity contribution in [2.75, 3.05) is 45.8 Å². The lowest BCUT2D eigenvalue weighted by molar-refractivity contribution is -0.143. The fraction of sp³-hybridized carbons (Fsp3) is 0.681. The van der Waals surface area contributed by atoms with Crippen molar-refractivity contribution < 1.29 is 53.4 Å². The summed E-state index contributed by atoms with van der Waals surface area (Å²) in [5.74, 6) is -5.82. The Kier molecular flexibility index (Phi) is 30.4. The van der Waals surface area contributed by atoms with E-state index in [1.807, 2.05) is 0 Å². The molecule has 28 nitrogen and oxygen atoms in total. The van der Waals surface area contributed by atoms with E-state index in [4.69, 9.17) is 46.6 Å². The zero-order valence-electron chi connectivity index (χ0n) is 42.6. The molecule has 9 atom stereocenters. The van der Waals surface area contributed by atoms with Crippen LogP contribution in [-0.2, 0) is 49.6 Å². The molecule has 1 aliphatic heterocycles. The zero-order chi connectivity index (χ0) is 55.9. The minimum absolute atomic E-state index is 0.00743. The summed E-state index contributed by atoms with van der Waals surface area (Å²) in [6.07, 6.45) is 10.1. The number of Topliss-reactive ketones (excluding diaryl/α,β-unsaturated/α-hetero) is 1. The molecule has 0 aromatic carbocycles. The Bertz CT molecular complexity index is 2070. The standard InChI is InChI=1S/C47H81N17O11/c1-2-10-32(61-44(72)39(37(66)24-51)63-40(68)30(52)12-3-5-18-48)41(69)57-26-38(67)59-33(14-7-20-50)45(73)64-22-9-15-35(64)43(71)62-34(23-29-25-55-27-58-29)42(70)60-31(13-4-6-19-49)36(65)17-16-28(46(74)75)11-8-21-56-47(53)54/h1,25,27-28,30-35,37,39,66H,3-24,26,48-52H2,(H,55,58)(H,57,69)(H,59,67)(H,60,70)(H,61,72)(H,62,71)(H,63,68)(H,74,75)(H4,53,54,56)/t28?,30-,31-,32-,33+,34-,35-,37-,39-/m0/s1.